The molecule has 1 fully saturated rings. The molecule has 1 aromatic rings. The summed E-state index contributed by atoms with van der Waals surface area (Å²) in [4.78, 5) is 50.4. The number of benzene rings is 1. The fraction of sp³-hybridized carbons (Fsp3) is 0.481. The third kappa shape index (κ3) is 4.14. The predicted octanol–water partition coefficient (Wildman–Crippen LogP) is 1.76. The van der Waals surface area contributed by atoms with E-state index in [1.54, 1.807) is 6.07 Å². The van der Waals surface area contributed by atoms with Gasteiger partial charge in [-0.15, -0.1) is 0 Å². The summed E-state index contributed by atoms with van der Waals surface area (Å²) in [6.07, 6.45) is -0.298. The molecule has 0 spiro atoms. The summed E-state index contributed by atoms with van der Waals surface area (Å²) < 4.78 is 0. The van der Waals surface area contributed by atoms with Crippen LogP contribution in [0, 0.1) is 17.3 Å². The van der Waals surface area contributed by atoms with Gasteiger partial charge in [0.2, 0.25) is 5.78 Å². The molecule has 3 aliphatic carbocycles. The number of phenolic OH excluding ortho intramolecular Hbond substituents is 1. The van der Waals surface area contributed by atoms with Crippen LogP contribution in [-0.4, -0.2) is 55.8 Å². The maximum absolute atomic E-state index is 13.6. The van der Waals surface area contributed by atoms with E-state index in [1.165, 1.54) is 6.92 Å². The van der Waals surface area contributed by atoms with Crippen LogP contribution in [-0.2, 0) is 27.3 Å². The first-order valence-corrected chi connectivity index (χ1v) is 12.2. The first-order valence-electron chi connectivity index (χ1n) is 12.2. The molecule has 10 nitrogen and oxygen atoms in total. The van der Waals surface area contributed by atoms with Gasteiger partial charge in [-0.2, -0.15) is 0 Å². The quantitative estimate of drug-likeness (QED) is 0.252. The molecule has 1 amide bonds. The highest BCUT2D eigenvalue weighted by atomic mass is 16.3. The van der Waals surface area contributed by atoms with Crippen molar-refractivity contribution in [3.05, 3.63) is 45.2 Å². The van der Waals surface area contributed by atoms with Crippen LogP contribution in [0.3, 0.4) is 0 Å². The van der Waals surface area contributed by atoms with Gasteiger partial charge < -0.3 is 31.5 Å². The molecule has 0 saturated heterocycles. The van der Waals surface area contributed by atoms with E-state index in [0.29, 0.717) is 17.7 Å². The van der Waals surface area contributed by atoms with Crippen LogP contribution < -0.4 is 11.1 Å². The van der Waals surface area contributed by atoms with E-state index >= 15 is 0 Å². The van der Waals surface area contributed by atoms with E-state index in [0.717, 1.165) is 0 Å². The zero-order valence-electron chi connectivity index (χ0n) is 21.3. The minimum Gasteiger partial charge on any atom is -0.508 e. The van der Waals surface area contributed by atoms with E-state index in [9.17, 15) is 39.6 Å². The van der Waals surface area contributed by atoms with Crippen LogP contribution in [0.4, 0.5) is 0 Å². The first-order chi connectivity index (χ1) is 17.1. The Hall–Kier alpha value is -3.50. The third-order valence-electron chi connectivity index (χ3n) is 7.49. The number of hydrogen-bond acceptors (Lipinski definition) is 9. The van der Waals surface area contributed by atoms with E-state index in [4.69, 9.17) is 5.73 Å². The van der Waals surface area contributed by atoms with E-state index in [2.05, 4.69) is 5.32 Å². The van der Waals surface area contributed by atoms with Gasteiger partial charge >= 0.3 is 0 Å². The van der Waals surface area contributed by atoms with Crippen molar-refractivity contribution in [3.8, 4) is 5.75 Å². The maximum Gasteiger partial charge on any atom is 0.255 e. The number of phenols is 1. The van der Waals surface area contributed by atoms with Gasteiger partial charge in [0.1, 0.15) is 22.8 Å². The highest BCUT2D eigenvalue weighted by molar-refractivity contribution is 6.22. The molecule has 0 aromatic heterocycles. The molecule has 0 radical (unpaired) electrons. The Labute approximate surface area is 213 Å². The highest BCUT2D eigenvalue weighted by Crippen LogP contribution is 2.52. The fourth-order valence-corrected chi connectivity index (χ4v) is 5.77. The summed E-state index contributed by atoms with van der Waals surface area (Å²) in [5, 5.41) is 47.7. The monoisotopic (exact) mass is 512 g/mol. The van der Waals surface area contributed by atoms with Crippen LogP contribution in [0.5, 0.6) is 5.75 Å². The maximum atomic E-state index is 13.6. The molecule has 1 saturated carbocycles. The van der Waals surface area contributed by atoms with Gasteiger partial charge in [-0.1, -0.05) is 20.8 Å². The molecule has 198 valence electrons. The predicted molar refractivity (Wildman–Crippen MR) is 133 cm³/mol. The first kappa shape index (κ1) is 26.6. The van der Waals surface area contributed by atoms with E-state index in [-0.39, 0.29) is 53.0 Å². The minimum absolute atomic E-state index is 0.00983. The van der Waals surface area contributed by atoms with Crippen LogP contribution >= 0.6 is 0 Å². The number of amides is 1. The van der Waals surface area contributed by atoms with E-state index in [1.807, 2.05) is 20.8 Å². The van der Waals surface area contributed by atoms with Crippen LogP contribution in [0.1, 0.15) is 67.6 Å². The van der Waals surface area contributed by atoms with Crippen LogP contribution in [0.25, 0.3) is 5.76 Å². The molecular weight excluding hydrogens is 480 g/mol. The lowest BCUT2D eigenvalue weighted by atomic mass is 9.59. The van der Waals surface area contributed by atoms with Gasteiger partial charge in [0, 0.05) is 42.1 Å². The van der Waals surface area contributed by atoms with Crippen molar-refractivity contribution in [1.29, 1.82) is 0 Å². The number of carbonyl (C=O) groups excluding carboxylic acids is 4. The number of hydrogen-bond donors (Lipinski definition) is 6. The van der Waals surface area contributed by atoms with Crippen molar-refractivity contribution >= 4 is 29.0 Å². The van der Waals surface area contributed by atoms with Crippen molar-refractivity contribution in [1.82, 2.24) is 5.32 Å². The van der Waals surface area contributed by atoms with Crippen LogP contribution in [0.2, 0.25) is 0 Å². The Balaban J connectivity index is 1.87. The lowest BCUT2D eigenvalue weighted by molar-refractivity contribution is -0.147. The number of nitrogens with two attached hydrogens (primary N) is 1. The SMILES string of the molecule is CC(=O)c1cc(CNCC(C)(C)C)c(O)c2c1CC1CC3CC(=O)C(C(N)=O)=C(O)C3(O)C(=O)C1=C2O. The molecule has 0 bridgehead atoms. The Morgan fingerprint density at radius 1 is 1.16 bits per heavy atom. The van der Waals surface area contributed by atoms with Gasteiger partial charge in [-0.05, 0) is 42.7 Å². The topological polar surface area (TPSA) is 187 Å². The fourth-order valence-electron chi connectivity index (χ4n) is 5.77. The minimum atomic E-state index is -2.62. The average Bonchev–Trinajstić information content (AvgIpc) is 2.76. The Morgan fingerprint density at radius 3 is 2.38 bits per heavy atom. The molecule has 1 aromatic carbocycles. The van der Waals surface area contributed by atoms with Crippen molar-refractivity contribution in [2.45, 2.75) is 59.1 Å². The molecule has 10 heteroatoms. The van der Waals surface area contributed by atoms with Crippen molar-refractivity contribution < 1.29 is 39.6 Å². The molecular formula is C27H32N2O8. The molecule has 3 atom stereocenters. The number of ketones is 3. The third-order valence-corrected chi connectivity index (χ3v) is 7.49. The number of nitrogens with one attached hydrogen (secondary N) is 1. The number of aliphatic hydroxyl groups excluding tert-OH is 2. The highest BCUT2D eigenvalue weighted by Gasteiger charge is 2.60. The summed E-state index contributed by atoms with van der Waals surface area (Å²) in [6.45, 7) is 8.26. The number of aromatic hydroxyl groups is 1. The molecule has 37 heavy (non-hydrogen) atoms. The molecule has 3 unspecified atom stereocenters. The van der Waals surface area contributed by atoms with Gasteiger partial charge in [0.15, 0.2) is 17.2 Å². The van der Waals surface area contributed by atoms with E-state index < -0.39 is 58.4 Å². The normalized spacial score (nSPS) is 25.5. The standard InChI is InChI=1S/C27H32N2O8/c1-11(30)15-7-13(9-29-10-26(2,3)4)21(32)19-16(15)6-12-5-14-8-17(31)20(25(28)36)24(35)27(14,37)23(34)18(12)22(19)33/h7,12,14,29,32-33,35,37H,5-6,8-10H2,1-4H3,(H2,28,36). The van der Waals surface area contributed by atoms with Crippen LogP contribution in [0.15, 0.2) is 23.0 Å². The summed E-state index contributed by atoms with van der Waals surface area (Å²) in [6, 6.07) is 1.57. The number of fused-ring (bicyclic) bond motifs is 3. The molecule has 0 aliphatic heterocycles. The number of rotatable bonds is 5. The second kappa shape index (κ2) is 8.81. The lowest BCUT2D eigenvalue weighted by Crippen LogP contribution is -2.58. The van der Waals surface area contributed by atoms with Crippen molar-refractivity contribution in [2.75, 3.05) is 6.54 Å². The number of aliphatic hydroxyl groups is 3. The van der Waals surface area contributed by atoms with Gasteiger partial charge in [-0.25, -0.2) is 0 Å². The Bertz CT molecular complexity index is 1320. The molecule has 7 N–H and O–H groups in total. The zero-order chi connectivity index (χ0) is 27.6. The Morgan fingerprint density at radius 2 is 1.81 bits per heavy atom. The second-order valence-corrected chi connectivity index (χ2v) is 11.4. The largest absolute Gasteiger partial charge is 0.508 e. The van der Waals surface area contributed by atoms with Crippen molar-refractivity contribution in [3.63, 3.8) is 0 Å². The summed E-state index contributed by atoms with van der Waals surface area (Å²) in [5.74, 6) is -7.19. The molecule has 0 heterocycles. The zero-order valence-corrected chi connectivity index (χ0v) is 21.3. The van der Waals surface area contributed by atoms with Gasteiger partial charge in [0.25, 0.3) is 5.91 Å². The van der Waals surface area contributed by atoms with Crippen molar-refractivity contribution in [2.24, 2.45) is 23.0 Å². The summed E-state index contributed by atoms with van der Waals surface area (Å²) >= 11 is 0. The molecule has 4 rings (SSSR count). The lowest BCUT2D eigenvalue weighted by Gasteiger charge is -2.46. The smallest absolute Gasteiger partial charge is 0.255 e. The number of Topliss-reactive ketones (excluding diaryl/α,β-unsaturated/α-hetero) is 3. The summed E-state index contributed by atoms with van der Waals surface area (Å²) in [5.41, 5.74) is 2.40. The van der Waals surface area contributed by atoms with Gasteiger partial charge in [-0.3, -0.25) is 19.2 Å². The van der Waals surface area contributed by atoms with Gasteiger partial charge in [0.05, 0.1) is 5.56 Å². The number of primary amides is 1. The number of carbonyl (C=O) groups is 4. The summed E-state index contributed by atoms with van der Waals surface area (Å²) in [7, 11) is 0. The average molecular weight is 513 g/mol. The molecule has 3 aliphatic rings. The Kier molecular flexibility index (Phi) is 6.32. The second-order valence-electron chi connectivity index (χ2n) is 11.4.